The van der Waals surface area contributed by atoms with Crippen LogP contribution in [0.15, 0.2) is 24.4 Å². The van der Waals surface area contributed by atoms with E-state index >= 15 is 0 Å². The number of rotatable bonds is 1. The summed E-state index contributed by atoms with van der Waals surface area (Å²) < 4.78 is 6.29. The van der Waals surface area contributed by atoms with E-state index in [0.717, 1.165) is 15.9 Å². The summed E-state index contributed by atoms with van der Waals surface area (Å²) in [5.74, 6) is 0.231. The zero-order valence-corrected chi connectivity index (χ0v) is 12.0. The van der Waals surface area contributed by atoms with Gasteiger partial charge in [-0.25, -0.2) is 4.79 Å². The van der Waals surface area contributed by atoms with Crippen molar-refractivity contribution in [3.05, 3.63) is 30.1 Å². The van der Waals surface area contributed by atoms with Crippen molar-refractivity contribution in [2.45, 2.75) is 33.3 Å². The molecule has 0 radical (unpaired) electrons. The van der Waals surface area contributed by atoms with Gasteiger partial charge in [-0.15, -0.1) is 4.68 Å². The van der Waals surface area contributed by atoms with Crippen LogP contribution in [-0.2, 0) is 4.74 Å². The van der Waals surface area contributed by atoms with E-state index in [9.17, 15) is 4.79 Å². The maximum absolute atomic E-state index is 12.0. The van der Waals surface area contributed by atoms with Crippen LogP contribution in [0.2, 0.25) is 0 Å². The number of anilines is 1. The maximum atomic E-state index is 12.0. The number of aryl methyl sites for hydroxylation is 1. The van der Waals surface area contributed by atoms with Crippen molar-refractivity contribution < 1.29 is 9.53 Å². The lowest BCUT2D eigenvalue weighted by molar-refractivity contribution is 0.0519. The second-order valence-corrected chi connectivity index (χ2v) is 5.53. The van der Waals surface area contributed by atoms with Gasteiger partial charge in [-0.05, 0) is 39.8 Å². The van der Waals surface area contributed by atoms with Gasteiger partial charge in [0, 0.05) is 23.5 Å². The number of carbonyl (C=O) groups is 1. The van der Waals surface area contributed by atoms with E-state index < -0.39 is 11.7 Å². The highest BCUT2D eigenvalue weighted by Gasteiger charge is 2.21. The Morgan fingerprint density at radius 3 is 2.60 bits per heavy atom. The molecule has 0 atom stereocenters. The first-order chi connectivity index (χ1) is 9.26. The average Bonchev–Trinajstić information content (AvgIpc) is 2.70. The lowest BCUT2D eigenvalue weighted by atomic mass is 10.2. The molecule has 0 unspecified atom stereocenters. The summed E-state index contributed by atoms with van der Waals surface area (Å²) in [6.45, 7) is 7.26. The van der Waals surface area contributed by atoms with Gasteiger partial charge >= 0.3 is 6.09 Å². The Hall–Kier alpha value is -2.37. The molecule has 0 saturated carbocycles. The quantitative estimate of drug-likeness (QED) is 0.864. The van der Waals surface area contributed by atoms with E-state index in [4.69, 9.17) is 10.5 Å². The lowest BCUT2D eigenvalue weighted by Crippen LogP contribution is -2.28. The molecule has 0 aliphatic rings. The fourth-order valence-corrected chi connectivity index (χ4v) is 1.61. The van der Waals surface area contributed by atoms with Crippen LogP contribution < -0.4 is 5.73 Å². The van der Waals surface area contributed by atoms with Gasteiger partial charge in [-0.3, -0.25) is 4.98 Å². The van der Waals surface area contributed by atoms with Crippen LogP contribution in [0.5, 0.6) is 0 Å². The van der Waals surface area contributed by atoms with Crippen molar-refractivity contribution in [2.24, 2.45) is 0 Å². The molecule has 0 aromatic carbocycles. The standard InChI is InChI=1S/C14H18N4O2/c1-9-5-6-10(8-16-9)11-7-12(15)18(17-11)13(19)20-14(2,3)4/h5-8H,15H2,1-4H3. The minimum atomic E-state index is -0.596. The number of nitrogens with two attached hydrogens (primary N) is 1. The van der Waals surface area contributed by atoms with Gasteiger partial charge in [0.25, 0.3) is 0 Å². The highest BCUT2D eigenvalue weighted by molar-refractivity contribution is 5.76. The molecule has 0 spiro atoms. The Balaban J connectivity index is 2.30. The van der Waals surface area contributed by atoms with Gasteiger partial charge in [0.2, 0.25) is 0 Å². The second kappa shape index (κ2) is 4.96. The lowest BCUT2D eigenvalue weighted by Gasteiger charge is -2.19. The third kappa shape index (κ3) is 3.14. The van der Waals surface area contributed by atoms with Crippen LogP contribution in [0.3, 0.4) is 0 Å². The number of nitrogen functional groups attached to an aromatic ring is 1. The number of aromatic nitrogens is 3. The van der Waals surface area contributed by atoms with Crippen molar-refractivity contribution in [1.29, 1.82) is 0 Å². The Labute approximate surface area is 117 Å². The number of hydrogen-bond donors (Lipinski definition) is 1. The van der Waals surface area contributed by atoms with Crippen LogP contribution in [-0.4, -0.2) is 26.5 Å². The minimum absolute atomic E-state index is 0.231. The Kier molecular flexibility index (Phi) is 3.48. The summed E-state index contributed by atoms with van der Waals surface area (Å²) in [5.41, 5.74) is 7.50. The van der Waals surface area contributed by atoms with Crippen molar-refractivity contribution in [3.63, 3.8) is 0 Å². The van der Waals surface area contributed by atoms with Crippen LogP contribution in [0.4, 0.5) is 10.6 Å². The Morgan fingerprint density at radius 1 is 1.35 bits per heavy atom. The highest BCUT2D eigenvalue weighted by atomic mass is 16.6. The molecular formula is C14H18N4O2. The van der Waals surface area contributed by atoms with E-state index in [1.807, 2.05) is 19.1 Å². The summed E-state index contributed by atoms with van der Waals surface area (Å²) in [4.78, 5) is 16.2. The normalized spacial score (nSPS) is 11.4. The molecule has 106 valence electrons. The van der Waals surface area contributed by atoms with Gasteiger partial charge < -0.3 is 10.5 Å². The molecule has 2 aromatic heterocycles. The highest BCUT2D eigenvalue weighted by Crippen LogP contribution is 2.20. The predicted molar refractivity (Wildman–Crippen MR) is 76.2 cm³/mol. The summed E-state index contributed by atoms with van der Waals surface area (Å²) in [5, 5.41) is 4.17. The molecule has 0 fully saturated rings. The number of hydrogen-bond acceptors (Lipinski definition) is 5. The molecule has 0 amide bonds. The Bertz CT molecular complexity index is 624. The zero-order chi connectivity index (χ0) is 14.9. The molecular weight excluding hydrogens is 256 g/mol. The first-order valence-electron chi connectivity index (χ1n) is 6.28. The fraction of sp³-hybridized carbons (Fsp3) is 0.357. The smallest absolute Gasteiger partial charge is 0.437 e. The molecule has 0 aliphatic carbocycles. The van der Waals surface area contributed by atoms with Crippen LogP contribution in [0.25, 0.3) is 11.3 Å². The van der Waals surface area contributed by atoms with Crippen molar-refractivity contribution in [1.82, 2.24) is 14.8 Å². The van der Waals surface area contributed by atoms with Gasteiger partial charge in [0.15, 0.2) is 0 Å². The molecule has 20 heavy (non-hydrogen) atoms. The summed E-state index contributed by atoms with van der Waals surface area (Å²) >= 11 is 0. The molecule has 6 heteroatoms. The van der Waals surface area contributed by atoms with E-state index in [1.54, 1.807) is 33.0 Å². The van der Waals surface area contributed by atoms with E-state index in [2.05, 4.69) is 10.1 Å². The van der Waals surface area contributed by atoms with Crippen LogP contribution in [0, 0.1) is 6.92 Å². The van der Waals surface area contributed by atoms with Crippen LogP contribution >= 0.6 is 0 Å². The molecule has 2 heterocycles. The first-order valence-corrected chi connectivity index (χ1v) is 6.28. The third-order valence-corrected chi connectivity index (χ3v) is 2.51. The molecule has 6 nitrogen and oxygen atoms in total. The average molecular weight is 274 g/mol. The van der Waals surface area contributed by atoms with Gasteiger partial charge in [0.05, 0.1) is 5.69 Å². The molecule has 2 rings (SSSR count). The van der Waals surface area contributed by atoms with Crippen molar-refractivity contribution in [3.8, 4) is 11.3 Å². The first kappa shape index (κ1) is 14.0. The molecule has 0 aliphatic heterocycles. The fourth-order valence-electron chi connectivity index (χ4n) is 1.61. The Morgan fingerprint density at radius 2 is 2.05 bits per heavy atom. The van der Waals surface area contributed by atoms with Crippen molar-refractivity contribution >= 4 is 11.9 Å². The summed E-state index contributed by atoms with van der Waals surface area (Å²) in [6, 6.07) is 5.37. The van der Waals surface area contributed by atoms with E-state index in [1.165, 1.54) is 0 Å². The summed E-state index contributed by atoms with van der Waals surface area (Å²) in [6.07, 6.45) is 1.10. The van der Waals surface area contributed by atoms with Gasteiger partial charge in [-0.2, -0.15) is 5.10 Å². The molecule has 0 bridgehead atoms. The molecule has 0 saturated heterocycles. The minimum Gasteiger partial charge on any atom is -0.442 e. The number of pyridine rings is 1. The summed E-state index contributed by atoms with van der Waals surface area (Å²) in [7, 11) is 0. The predicted octanol–water partition coefficient (Wildman–Crippen LogP) is 2.62. The molecule has 2 aromatic rings. The number of carbonyl (C=O) groups excluding carboxylic acids is 1. The van der Waals surface area contributed by atoms with E-state index in [-0.39, 0.29) is 5.82 Å². The number of nitrogens with zero attached hydrogens (tertiary/aromatic N) is 3. The number of ether oxygens (including phenoxy) is 1. The topological polar surface area (TPSA) is 83.0 Å². The van der Waals surface area contributed by atoms with Crippen LogP contribution in [0.1, 0.15) is 26.5 Å². The third-order valence-electron chi connectivity index (χ3n) is 2.51. The molecule has 2 N–H and O–H groups in total. The largest absolute Gasteiger partial charge is 0.442 e. The van der Waals surface area contributed by atoms with E-state index in [0.29, 0.717) is 5.69 Å². The monoisotopic (exact) mass is 274 g/mol. The maximum Gasteiger partial charge on any atom is 0.437 e. The van der Waals surface area contributed by atoms with Gasteiger partial charge in [0.1, 0.15) is 11.4 Å². The van der Waals surface area contributed by atoms with Gasteiger partial charge in [-0.1, -0.05) is 0 Å². The zero-order valence-electron chi connectivity index (χ0n) is 12.0. The van der Waals surface area contributed by atoms with Crippen molar-refractivity contribution in [2.75, 3.05) is 5.73 Å². The SMILES string of the molecule is Cc1ccc(-c2cc(N)n(C(=O)OC(C)(C)C)n2)cn1. The second-order valence-electron chi connectivity index (χ2n) is 5.53.